The lowest BCUT2D eigenvalue weighted by molar-refractivity contribution is -0.117. The number of hydrogen-bond acceptors (Lipinski definition) is 2. The first-order valence-electron chi connectivity index (χ1n) is 10.7. The smallest absolute Gasteiger partial charge is 0.231 e. The van der Waals surface area contributed by atoms with Crippen LogP contribution in [0.5, 0.6) is 5.75 Å². The Morgan fingerprint density at radius 2 is 1.50 bits per heavy atom. The summed E-state index contributed by atoms with van der Waals surface area (Å²) in [5, 5.41) is 0. The molecule has 4 fully saturated rings. The van der Waals surface area contributed by atoms with E-state index in [9.17, 15) is 4.79 Å². The fourth-order valence-corrected chi connectivity index (χ4v) is 6.18. The Balaban J connectivity index is 1.25. The Labute approximate surface area is 167 Å². The molecule has 3 heteroatoms. The molecule has 4 aliphatic carbocycles. The maximum atomic E-state index is 12.6. The summed E-state index contributed by atoms with van der Waals surface area (Å²) in [4.78, 5) is 14.3. The number of hydrogen-bond donors (Lipinski definition) is 0. The van der Waals surface area contributed by atoms with Gasteiger partial charge in [-0.25, -0.2) is 0 Å². The summed E-state index contributed by atoms with van der Waals surface area (Å²) in [6.45, 7) is 0. The molecular weight excluding hydrogens is 346 g/mol. The van der Waals surface area contributed by atoms with Crippen molar-refractivity contribution in [2.45, 2.75) is 50.5 Å². The molecule has 0 atom stereocenters. The zero-order valence-corrected chi connectivity index (χ0v) is 16.6. The van der Waals surface area contributed by atoms with Crippen LogP contribution >= 0.6 is 0 Å². The standard InChI is InChI=1S/C25H29NO2/c1-26(24(27)14-18-5-3-2-4-6-18)22-7-9-23(10-8-22)28-25-15-19-11-20(16-25)13-21(12-19)17-25/h2-10,19-21H,11-17H2,1H3. The van der Waals surface area contributed by atoms with Gasteiger partial charge in [0.2, 0.25) is 5.91 Å². The quantitative estimate of drug-likeness (QED) is 0.715. The van der Waals surface area contributed by atoms with Crippen molar-refractivity contribution in [1.82, 2.24) is 0 Å². The molecule has 1 amide bonds. The van der Waals surface area contributed by atoms with Crippen molar-refractivity contribution in [3.05, 3.63) is 60.2 Å². The zero-order chi connectivity index (χ0) is 19.1. The van der Waals surface area contributed by atoms with Crippen LogP contribution in [0.25, 0.3) is 0 Å². The van der Waals surface area contributed by atoms with E-state index < -0.39 is 0 Å². The number of carbonyl (C=O) groups excluding carboxylic acids is 1. The highest BCUT2D eigenvalue weighted by Gasteiger charge is 2.52. The van der Waals surface area contributed by atoms with Gasteiger partial charge in [0.1, 0.15) is 11.4 Å². The zero-order valence-electron chi connectivity index (χ0n) is 16.6. The van der Waals surface area contributed by atoms with Crippen molar-refractivity contribution in [3.8, 4) is 5.75 Å². The van der Waals surface area contributed by atoms with E-state index >= 15 is 0 Å². The Bertz CT molecular complexity index is 807. The van der Waals surface area contributed by atoms with Crippen LogP contribution in [0, 0.1) is 17.8 Å². The fourth-order valence-electron chi connectivity index (χ4n) is 6.18. The molecule has 0 spiro atoms. The molecular formula is C25H29NO2. The molecule has 28 heavy (non-hydrogen) atoms. The van der Waals surface area contributed by atoms with E-state index in [1.54, 1.807) is 4.90 Å². The van der Waals surface area contributed by atoms with E-state index in [4.69, 9.17) is 4.74 Å². The van der Waals surface area contributed by atoms with E-state index in [2.05, 4.69) is 0 Å². The second kappa shape index (κ2) is 6.95. The van der Waals surface area contributed by atoms with Crippen molar-refractivity contribution >= 4 is 11.6 Å². The molecule has 0 aromatic heterocycles. The number of amides is 1. The highest BCUT2D eigenvalue weighted by atomic mass is 16.5. The minimum atomic E-state index is 0.0747. The molecule has 0 unspecified atom stereocenters. The van der Waals surface area contributed by atoms with Crippen LogP contribution in [0.1, 0.15) is 44.1 Å². The monoisotopic (exact) mass is 375 g/mol. The summed E-state index contributed by atoms with van der Waals surface area (Å²) in [5.41, 5.74) is 2.03. The minimum absolute atomic E-state index is 0.0747. The van der Waals surface area contributed by atoms with Gasteiger partial charge in [-0.15, -0.1) is 0 Å². The number of ether oxygens (including phenoxy) is 1. The summed E-state index contributed by atoms with van der Waals surface area (Å²) in [6.07, 6.45) is 8.40. The topological polar surface area (TPSA) is 29.5 Å². The number of rotatable bonds is 5. The lowest BCUT2D eigenvalue weighted by Gasteiger charge is -2.56. The third-order valence-electron chi connectivity index (χ3n) is 7.11. The van der Waals surface area contributed by atoms with Crippen LogP contribution in [0.15, 0.2) is 54.6 Å². The van der Waals surface area contributed by atoms with E-state index in [0.29, 0.717) is 6.42 Å². The van der Waals surface area contributed by atoms with Gasteiger partial charge in [-0.3, -0.25) is 4.79 Å². The third-order valence-corrected chi connectivity index (χ3v) is 7.11. The van der Waals surface area contributed by atoms with Crippen molar-refractivity contribution < 1.29 is 9.53 Å². The second-order valence-corrected chi connectivity index (χ2v) is 9.31. The van der Waals surface area contributed by atoms with Crippen molar-refractivity contribution in [1.29, 1.82) is 0 Å². The number of nitrogens with zero attached hydrogens (tertiary/aromatic N) is 1. The summed E-state index contributed by atoms with van der Waals surface area (Å²) in [6, 6.07) is 18.0. The third kappa shape index (κ3) is 3.43. The van der Waals surface area contributed by atoms with Gasteiger partial charge in [-0.2, -0.15) is 0 Å². The molecule has 2 aromatic rings. The summed E-state index contributed by atoms with van der Waals surface area (Å²) < 4.78 is 6.60. The maximum absolute atomic E-state index is 12.6. The Morgan fingerprint density at radius 1 is 0.929 bits per heavy atom. The van der Waals surface area contributed by atoms with Crippen LogP contribution in [0.4, 0.5) is 5.69 Å². The van der Waals surface area contributed by atoms with E-state index in [1.807, 2.05) is 61.6 Å². The van der Waals surface area contributed by atoms with Crippen LogP contribution in [-0.2, 0) is 11.2 Å². The van der Waals surface area contributed by atoms with Gasteiger partial charge in [0.15, 0.2) is 0 Å². The van der Waals surface area contributed by atoms with Gasteiger partial charge in [-0.1, -0.05) is 30.3 Å². The predicted octanol–water partition coefficient (Wildman–Crippen LogP) is 5.24. The average Bonchev–Trinajstić information content (AvgIpc) is 2.67. The molecule has 0 aliphatic heterocycles. The predicted molar refractivity (Wildman–Crippen MR) is 112 cm³/mol. The van der Waals surface area contributed by atoms with E-state index in [0.717, 1.165) is 34.8 Å². The lowest BCUT2D eigenvalue weighted by Crippen LogP contribution is -2.53. The SMILES string of the molecule is CN(C(=O)Cc1ccccc1)c1ccc(OC23CC4CC(CC(C4)C2)C3)cc1. The molecule has 3 nitrogen and oxygen atoms in total. The summed E-state index contributed by atoms with van der Waals surface area (Å²) in [7, 11) is 1.85. The van der Waals surface area contributed by atoms with Crippen molar-refractivity contribution in [2.75, 3.05) is 11.9 Å². The number of anilines is 1. The largest absolute Gasteiger partial charge is 0.487 e. The molecule has 0 saturated heterocycles. The van der Waals surface area contributed by atoms with Crippen LogP contribution in [0.3, 0.4) is 0 Å². The van der Waals surface area contributed by atoms with Gasteiger partial charge in [0.05, 0.1) is 6.42 Å². The minimum Gasteiger partial charge on any atom is -0.487 e. The first-order chi connectivity index (χ1) is 13.6. The molecule has 146 valence electrons. The molecule has 0 heterocycles. The van der Waals surface area contributed by atoms with Crippen LogP contribution in [-0.4, -0.2) is 18.6 Å². The van der Waals surface area contributed by atoms with Gasteiger partial charge in [0.25, 0.3) is 0 Å². The summed E-state index contributed by atoms with van der Waals surface area (Å²) >= 11 is 0. The van der Waals surface area contributed by atoms with Gasteiger partial charge < -0.3 is 9.64 Å². The number of likely N-dealkylation sites (N-methyl/N-ethyl adjacent to an activating group) is 1. The van der Waals surface area contributed by atoms with E-state index in [1.165, 1.54) is 38.5 Å². The molecule has 0 radical (unpaired) electrons. The molecule has 6 rings (SSSR count). The highest BCUT2D eigenvalue weighted by molar-refractivity contribution is 5.94. The van der Waals surface area contributed by atoms with Crippen molar-refractivity contribution in [3.63, 3.8) is 0 Å². The number of carbonyl (C=O) groups is 1. The van der Waals surface area contributed by atoms with Gasteiger partial charge >= 0.3 is 0 Å². The number of benzene rings is 2. The molecule has 2 aromatic carbocycles. The molecule has 4 aliphatic rings. The Kier molecular flexibility index (Phi) is 4.41. The first-order valence-corrected chi connectivity index (χ1v) is 10.7. The Morgan fingerprint density at radius 3 is 2.07 bits per heavy atom. The normalized spacial score (nSPS) is 30.2. The van der Waals surface area contributed by atoms with Crippen LogP contribution in [0.2, 0.25) is 0 Å². The van der Waals surface area contributed by atoms with Crippen molar-refractivity contribution in [2.24, 2.45) is 17.8 Å². The summed E-state index contributed by atoms with van der Waals surface area (Å²) in [5.74, 6) is 3.70. The molecule has 4 bridgehead atoms. The first kappa shape index (κ1) is 17.8. The molecule has 4 saturated carbocycles. The lowest BCUT2D eigenvalue weighted by atomic mass is 9.54. The average molecular weight is 376 g/mol. The van der Waals surface area contributed by atoms with Gasteiger partial charge in [-0.05, 0) is 86.1 Å². The maximum Gasteiger partial charge on any atom is 0.231 e. The highest BCUT2D eigenvalue weighted by Crippen LogP contribution is 2.57. The fraction of sp³-hybridized carbons (Fsp3) is 0.480. The second-order valence-electron chi connectivity index (χ2n) is 9.31. The molecule has 0 N–H and O–H groups in total. The van der Waals surface area contributed by atoms with Crippen LogP contribution < -0.4 is 9.64 Å². The van der Waals surface area contributed by atoms with E-state index in [-0.39, 0.29) is 11.5 Å². The Hall–Kier alpha value is -2.29. The van der Waals surface area contributed by atoms with Gasteiger partial charge in [0, 0.05) is 12.7 Å².